The van der Waals surface area contributed by atoms with Gasteiger partial charge in [-0.3, -0.25) is 4.98 Å². The summed E-state index contributed by atoms with van der Waals surface area (Å²) in [5, 5.41) is 1.28. The van der Waals surface area contributed by atoms with Crippen LogP contribution in [0, 0.1) is 5.82 Å². The third-order valence-electron chi connectivity index (χ3n) is 5.38. The molecule has 3 nitrogen and oxygen atoms in total. The number of hydrogen-bond donors (Lipinski definition) is 0. The lowest BCUT2D eigenvalue weighted by molar-refractivity contribution is -0.274. The Morgan fingerprint density at radius 2 is 1.62 bits per heavy atom. The monoisotopic (exact) mass is 469 g/mol. The van der Waals surface area contributed by atoms with Gasteiger partial charge in [-0.1, -0.05) is 43.3 Å². The number of aromatic nitrogens is 1. The van der Waals surface area contributed by atoms with Crippen LogP contribution in [0.2, 0.25) is 0 Å². The first-order chi connectivity index (χ1) is 16.3. The number of rotatable bonds is 8. The summed E-state index contributed by atoms with van der Waals surface area (Å²) in [4.78, 5) is 4.45. The predicted molar refractivity (Wildman–Crippen MR) is 123 cm³/mol. The number of pyridine rings is 1. The van der Waals surface area contributed by atoms with Crippen LogP contribution in [0.3, 0.4) is 0 Å². The van der Waals surface area contributed by atoms with Crippen molar-refractivity contribution in [3.8, 4) is 22.8 Å². The minimum absolute atomic E-state index is 0.276. The lowest BCUT2D eigenvalue weighted by Gasteiger charge is -2.10. The lowest BCUT2D eigenvalue weighted by atomic mass is 9.98. The Balaban J connectivity index is 1.46. The smallest absolute Gasteiger partial charge is 0.492 e. The van der Waals surface area contributed by atoms with Gasteiger partial charge >= 0.3 is 6.36 Å². The highest BCUT2D eigenvalue weighted by Gasteiger charge is 2.30. The second-order valence-electron chi connectivity index (χ2n) is 7.89. The van der Waals surface area contributed by atoms with E-state index in [0.717, 1.165) is 28.6 Å². The Labute approximate surface area is 195 Å². The van der Waals surface area contributed by atoms with Crippen LogP contribution in [0.1, 0.15) is 24.5 Å². The highest BCUT2D eigenvalue weighted by Crippen LogP contribution is 2.28. The summed E-state index contributed by atoms with van der Waals surface area (Å²) in [7, 11) is 0. The quantitative estimate of drug-likeness (QED) is 0.250. The standard InChI is InChI=1S/C27H23F4NO2/c1-2-15-33-23-12-14-25(32-17-23)21-9-13-24-20(16-21)8-7-19(26(24)28)6-3-18-4-10-22(11-5-18)34-27(29,30)31/h4-5,7-14,16-17H,2-3,6,15H2,1H3. The van der Waals surface area contributed by atoms with E-state index in [9.17, 15) is 13.2 Å². The van der Waals surface area contributed by atoms with Gasteiger partial charge in [-0.2, -0.15) is 0 Å². The first-order valence-electron chi connectivity index (χ1n) is 11.0. The molecule has 4 aromatic rings. The average molecular weight is 469 g/mol. The van der Waals surface area contributed by atoms with Gasteiger partial charge in [-0.05, 0) is 66.1 Å². The Bertz CT molecular complexity index is 1250. The van der Waals surface area contributed by atoms with Crippen LogP contribution < -0.4 is 9.47 Å². The molecule has 4 rings (SSSR count). The van der Waals surface area contributed by atoms with E-state index in [0.29, 0.717) is 36.1 Å². The van der Waals surface area contributed by atoms with Crippen molar-refractivity contribution >= 4 is 10.8 Å². The zero-order chi connectivity index (χ0) is 24.1. The lowest BCUT2D eigenvalue weighted by Crippen LogP contribution is -2.17. The molecule has 0 unspecified atom stereocenters. The molecule has 1 heterocycles. The fourth-order valence-electron chi connectivity index (χ4n) is 3.68. The van der Waals surface area contributed by atoms with Gasteiger partial charge < -0.3 is 9.47 Å². The largest absolute Gasteiger partial charge is 0.573 e. The molecular formula is C27H23F4NO2. The number of nitrogens with zero attached hydrogens (tertiary/aromatic N) is 1. The van der Waals surface area contributed by atoms with Gasteiger partial charge in [0.2, 0.25) is 0 Å². The summed E-state index contributed by atoms with van der Waals surface area (Å²) in [5.74, 6) is 0.142. The van der Waals surface area contributed by atoms with E-state index in [2.05, 4.69) is 9.72 Å². The normalized spacial score (nSPS) is 11.6. The van der Waals surface area contributed by atoms with E-state index in [1.165, 1.54) is 12.1 Å². The maximum Gasteiger partial charge on any atom is 0.573 e. The van der Waals surface area contributed by atoms with E-state index >= 15 is 4.39 Å². The van der Waals surface area contributed by atoms with Crippen LogP contribution in [0.4, 0.5) is 17.6 Å². The fraction of sp³-hybridized carbons (Fsp3) is 0.222. The number of benzene rings is 3. The van der Waals surface area contributed by atoms with Crippen molar-refractivity contribution in [1.29, 1.82) is 0 Å². The zero-order valence-electron chi connectivity index (χ0n) is 18.5. The van der Waals surface area contributed by atoms with Crippen LogP contribution >= 0.6 is 0 Å². The Hall–Kier alpha value is -3.61. The van der Waals surface area contributed by atoms with Gasteiger partial charge in [0.25, 0.3) is 0 Å². The molecule has 0 aliphatic carbocycles. The number of fused-ring (bicyclic) bond motifs is 1. The molecule has 0 saturated carbocycles. The molecule has 0 N–H and O–H groups in total. The summed E-state index contributed by atoms with van der Waals surface area (Å²) in [6.45, 7) is 2.67. The number of aryl methyl sites for hydroxylation is 2. The fourth-order valence-corrected chi connectivity index (χ4v) is 3.68. The third-order valence-corrected chi connectivity index (χ3v) is 5.38. The van der Waals surface area contributed by atoms with Crippen LogP contribution in [0.25, 0.3) is 22.0 Å². The first kappa shape index (κ1) is 23.5. The van der Waals surface area contributed by atoms with Crippen LogP contribution in [0.5, 0.6) is 11.5 Å². The highest BCUT2D eigenvalue weighted by molar-refractivity contribution is 5.88. The number of ether oxygens (including phenoxy) is 2. The molecule has 0 spiro atoms. The van der Waals surface area contributed by atoms with Crippen molar-refractivity contribution in [2.45, 2.75) is 32.5 Å². The molecule has 0 fully saturated rings. The molecule has 0 saturated heterocycles. The maximum atomic E-state index is 15.2. The van der Waals surface area contributed by atoms with Gasteiger partial charge in [0.15, 0.2) is 0 Å². The van der Waals surface area contributed by atoms with Crippen molar-refractivity contribution in [3.05, 3.63) is 89.9 Å². The summed E-state index contributed by atoms with van der Waals surface area (Å²) in [5.41, 5.74) is 2.99. The summed E-state index contributed by atoms with van der Waals surface area (Å²) in [6.07, 6.45) is -1.21. The van der Waals surface area contributed by atoms with E-state index in [4.69, 9.17) is 4.74 Å². The zero-order valence-corrected chi connectivity index (χ0v) is 18.5. The van der Waals surface area contributed by atoms with E-state index in [1.807, 2.05) is 37.3 Å². The number of hydrogen-bond acceptors (Lipinski definition) is 3. The second-order valence-corrected chi connectivity index (χ2v) is 7.89. The van der Waals surface area contributed by atoms with Gasteiger partial charge in [-0.15, -0.1) is 13.2 Å². The SMILES string of the molecule is CCCOc1ccc(-c2ccc3c(F)c(CCc4ccc(OC(F)(F)F)cc4)ccc3c2)nc1. The van der Waals surface area contributed by atoms with Crippen molar-refractivity contribution in [3.63, 3.8) is 0 Å². The Morgan fingerprint density at radius 1 is 0.853 bits per heavy atom. The van der Waals surface area contributed by atoms with Gasteiger partial charge in [0.05, 0.1) is 18.5 Å². The molecule has 0 bridgehead atoms. The van der Waals surface area contributed by atoms with Crippen LogP contribution in [-0.4, -0.2) is 18.0 Å². The summed E-state index contributed by atoms with van der Waals surface area (Å²) >= 11 is 0. The predicted octanol–water partition coefficient (Wildman–Crippen LogP) is 7.51. The van der Waals surface area contributed by atoms with Gasteiger partial charge in [-0.25, -0.2) is 4.39 Å². The van der Waals surface area contributed by atoms with Crippen molar-refractivity contribution in [2.75, 3.05) is 6.61 Å². The molecule has 0 aliphatic rings. The molecular weight excluding hydrogens is 446 g/mol. The summed E-state index contributed by atoms with van der Waals surface area (Å²) in [6, 6.07) is 18.5. The molecule has 0 atom stereocenters. The minimum atomic E-state index is -4.72. The molecule has 0 aliphatic heterocycles. The molecule has 1 aromatic heterocycles. The van der Waals surface area contributed by atoms with E-state index < -0.39 is 6.36 Å². The van der Waals surface area contributed by atoms with Crippen LogP contribution in [-0.2, 0) is 12.8 Å². The first-order valence-corrected chi connectivity index (χ1v) is 11.0. The number of halogens is 4. The average Bonchev–Trinajstić information content (AvgIpc) is 2.82. The second kappa shape index (κ2) is 10.1. The molecule has 0 amide bonds. The summed E-state index contributed by atoms with van der Waals surface area (Å²) < 4.78 is 61.5. The van der Waals surface area contributed by atoms with Gasteiger partial charge in [0.1, 0.15) is 17.3 Å². The highest BCUT2D eigenvalue weighted by atomic mass is 19.4. The van der Waals surface area contributed by atoms with Crippen molar-refractivity contribution in [2.24, 2.45) is 0 Å². The molecule has 7 heteroatoms. The Morgan fingerprint density at radius 3 is 2.29 bits per heavy atom. The number of alkyl halides is 3. The third kappa shape index (κ3) is 5.84. The van der Waals surface area contributed by atoms with Crippen LogP contribution in [0.15, 0.2) is 72.9 Å². The van der Waals surface area contributed by atoms with Gasteiger partial charge in [0, 0.05) is 10.9 Å². The molecule has 0 radical (unpaired) electrons. The molecule has 34 heavy (non-hydrogen) atoms. The topological polar surface area (TPSA) is 31.4 Å². The maximum absolute atomic E-state index is 15.2. The Kier molecular flexibility index (Phi) is 7.01. The molecule has 176 valence electrons. The van der Waals surface area contributed by atoms with Crippen molar-refractivity contribution in [1.82, 2.24) is 4.98 Å². The van der Waals surface area contributed by atoms with E-state index in [-0.39, 0.29) is 11.6 Å². The molecule has 3 aromatic carbocycles. The minimum Gasteiger partial charge on any atom is -0.492 e. The van der Waals surface area contributed by atoms with E-state index in [1.54, 1.807) is 30.5 Å². The van der Waals surface area contributed by atoms with Crippen molar-refractivity contribution < 1.29 is 27.0 Å².